The Bertz CT molecular complexity index is 512. The van der Waals surface area contributed by atoms with Crippen LogP contribution in [0.25, 0.3) is 0 Å². The molecule has 0 fully saturated rings. The SMILES string of the molecule is C=C(C)CN(CC)C(=O)c1ccccc1OCC(N)=O. The summed E-state index contributed by atoms with van der Waals surface area (Å²) in [5, 5.41) is 0. The highest BCUT2D eigenvalue weighted by molar-refractivity contribution is 5.97. The number of likely N-dealkylation sites (N-methyl/N-ethyl adjacent to an activating group) is 1. The lowest BCUT2D eigenvalue weighted by molar-refractivity contribution is -0.119. The lowest BCUT2D eigenvalue weighted by Gasteiger charge is -2.22. The molecule has 1 aromatic rings. The van der Waals surface area contributed by atoms with Gasteiger partial charge in [0, 0.05) is 13.1 Å². The zero-order valence-electron chi connectivity index (χ0n) is 11.9. The largest absolute Gasteiger partial charge is 0.483 e. The molecular weight excluding hydrogens is 256 g/mol. The lowest BCUT2D eigenvalue weighted by atomic mass is 10.1. The molecule has 108 valence electrons. The van der Waals surface area contributed by atoms with Gasteiger partial charge in [-0.1, -0.05) is 24.3 Å². The molecule has 0 radical (unpaired) electrons. The van der Waals surface area contributed by atoms with Crippen LogP contribution in [0.2, 0.25) is 0 Å². The Balaban J connectivity index is 2.96. The third-order valence-electron chi connectivity index (χ3n) is 2.62. The maximum Gasteiger partial charge on any atom is 0.257 e. The fraction of sp³-hybridized carbons (Fsp3) is 0.333. The van der Waals surface area contributed by atoms with Crippen molar-refractivity contribution >= 4 is 11.8 Å². The highest BCUT2D eigenvalue weighted by Gasteiger charge is 2.18. The number of nitrogens with two attached hydrogens (primary N) is 1. The molecule has 0 spiro atoms. The van der Waals surface area contributed by atoms with Gasteiger partial charge in [0.2, 0.25) is 0 Å². The van der Waals surface area contributed by atoms with Gasteiger partial charge < -0.3 is 15.4 Å². The summed E-state index contributed by atoms with van der Waals surface area (Å²) in [4.78, 5) is 24.9. The number of amides is 2. The Morgan fingerprint density at radius 3 is 2.55 bits per heavy atom. The Morgan fingerprint density at radius 2 is 2.00 bits per heavy atom. The van der Waals surface area contributed by atoms with Crippen LogP contribution >= 0.6 is 0 Å². The predicted molar refractivity (Wildman–Crippen MR) is 77.5 cm³/mol. The van der Waals surface area contributed by atoms with E-state index >= 15 is 0 Å². The van der Waals surface area contributed by atoms with Gasteiger partial charge in [-0.05, 0) is 26.0 Å². The molecule has 0 aliphatic rings. The first-order chi connectivity index (χ1) is 9.45. The monoisotopic (exact) mass is 276 g/mol. The normalized spacial score (nSPS) is 9.90. The first-order valence-corrected chi connectivity index (χ1v) is 6.39. The molecule has 1 rings (SSSR count). The third-order valence-corrected chi connectivity index (χ3v) is 2.62. The molecule has 0 atom stereocenters. The Kier molecular flexibility index (Phi) is 5.77. The van der Waals surface area contributed by atoms with E-state index < -0.39 is 5.91 Å². The molecule has 2 N–H and O–H groups in total. The number of ether oxygens (including phenoxy) is 1. The van der Waals surface area contributed by atoms with Gasteiger partial charge in [-0.3, -0.25) is 9.59 Å². The molecule has 0 unspecified atom stereocenters. The van der Waals surface area contributed by atoms with E-state index in [4.69, 9.17) is 10.5 Å². The second-order valence-corrected chi connectivity index (χ2v) is 4.53. The minimum Gasteiger partial charge on any atom is -0.483 e. The van der Waals surface area contributed by atoms with Crippen LogP contribution in [0.3, 0.4) is 0 Å². The minimum atomic E-state index is -0.582. The molecule has 0 saturated carbocycles. The summed E-state index contributed by atoms with van der Waals surface area (Å²) in [6, 6.07) is 6.80. The van der Waals surface area contributed by atoms with Gasteiger partial charge >= 0.3 is 0 Å². The summed E-state index contributed by atoms with van der Waals surface area (Å²) in [5.41, 5.74) is 6.36. The van der Waals surface area contributed by atoms with E-state index in [1.165, 1.54) is 0 Å². The highest BCUT2D eigenvalue weighted by Crippen LogP contribution is 2.20. The second kappa shape index (κ2) is 7.33. The van der Waals surface area contributed by atoms with Crippen LogP contribution in [0, 0.1) is 0 Å². The van der Waals surface area contributed by atoms with Crippen molar-refractivity contribution in [3.63, 3.8) is 0 Å². The van der Waals surface area contributed by atoms with Gasteiger partial charge in [0.05, 0.1) is 5.56 Å². The molecule has 0 heterocycles. The maximum absolute atomic E-state index is 12.5. The number of hydrogen-bond acceptors (Lipinski definition) is 3. The van der Waals surface area contributed by atoms with Crippen molar-refractivity contribution < 1.29 is 14.3 Å². The Morgan fingerprint density at radius 1 is 1.35 bits per heavy atom. The molecule has 0 aromatic heterocycles. The van der Waals surface area contributed by atoms with Crippen LogP contribution in [0.4, 0.5) is 0 Å². The van der Waals surface area contributed by atoms with Crippen molar-refractivity contribution in [1.82, 2.24) is 4.90 Å². The van der Waals surface area contributed by atoms with Gasteiger partial charge in [0.1, 0.15) is 5.75 Å². The average Bonchev–Trinajstić information content (AvgIpc) is 2.41. The zero-order valence-corrected chi connectivity index (χ0v) is 11.9. The summed E-state index contributed by atoms with van der Waals surface area (Å²) in [5.74, 6) is -0.381. The topological polar surface area (TPSA) is 72.6 Å². The third kappa shape index (κ3) is 4.42. The number of benzene rings is 1. The molecule has 0 saturated heterocycles. The molecular formula is C15H20N2O3. The van der Waals surface area contributed by atoms with Gasteiger partial charge in [-0.25, -0.2) is 0 Å². The summed E-state index contributed by atoms with van der Waals surface area (Å²) in [7, 11) is 0. The number of rotatable bonds is 7. The number of carbonyl (C=O) groups excluding carboxylic acids is 2. The highest BCUT2D eigenvalue weighted by atomic mass is 16.5. The molecule has 0 aliphatic carbocycles. The van der Waals surface area contributed by atoms with E-state index in [0.717, 1.165) is 5.57 Å². The number of para-hydroxylation sites is 1. The Hall–Kier alpha value is -2.30. The first-order valence-electron chi connectivity index (χ1n) is 6.39. The van der Waals surface area contributed by atoms with E-state index in [0.29, 0.717) is 24.4 Å². The van der Waals surface area contributed by atoms with E-state index in [2.05, 4.69) is 6.58 Å². The lowest BCUT2D eigenvalue weighted by Crippen LogP contribution is -2.32. The molecule has 1 aromatic carbocycles. The quantitative estimate of drug-likeness (QED) is 0.769. The van der Waals surface area contributed by atoms with Crippen molar-refractivity contribution in [2.75, 3.05) is 19.7 Å². The number of hydrogen-bond donors (Lipinski definition) is 1. The van der Waals surface area contributed by atoms with Crippen LogP contribution in [0.1, 0.15) is 24.2 Å². The van der Waals surface area contributed by atoms with Crippen LogP contribution in [0.5, 0.6) is 5.75 Å². The van der Waals surface area contributed by atoms with E-state index in [9.17, 15) is 9.59 Å². The fourth-order valence-electron chi connectivity index (χ4n) is 1.74. The standard InChI is InChI=1S/C15H20N2O3/c1-4-17(9-11(2)3)15(19)12-7-5-6-8-13(12)20-10-14(16)18/h5-8H,2,4,9-10H2,1,3H3,(H2,16,18). The van der Waals surface area contributed by atoms with Crippen molar-refractivity contribution in [3.05, 3.63) is 42.0 Å². The van der Waals surface area contributed by atoms with Gasteiger partial charge in [0.15, 0.2) is 6.61 Å². The molecule has 5 heteroatoms. The van der Waals surface area contributed by atoms with E-state index in [1.54, 1.807) is 29.2 Å². The van der Waals surface area contributed by atoms with Gasteiger partial charge in [-0.15, -0.1) is 0 Å². The van der Waals surface area contributed by atoms with Gasteiger partial charge in [0.25, 0.3) is 11.8 Å². The van der Waals surface area contributed by atoms with Gasteiger partial charge in [-0.2, -0.15) is 0 Å². The molecule has 20 heavy (non-hydrogen) atoms. The number of carbonyl (C=O) groups is 2. The van der Waals surface area contributed by atoms with Crippen LogP contribution in [-0.2, 0) is 4.79 Å². The van der Waals surface area contributed by atoms with Crippen LogP contribution in [-0.4, -0.2) is 36.4 Å². The molecule has 5 nitrogen and oxygen atoms in total. The predicted octanol–water partition coefficient (Wildman–Crippen LogP) is 1.59. The summed E-state index contributed by atoms with van der Waals surface area (Å²) in [6.07, 6.45) is 0. The molecule has 0 aliphatic heterocycles. The molecule has 2 amide bonds. The van der Waals surface area contributed by atoms with Crippen molar-refractivity contribution in [2.24, 2.45) is 5.73 Å². The number of nitrogens with zero attached hydrogens (tertiary/aromatic N) is 1. The minimum absolute atomic E-state index is 0.157. The summed E-state index contributed by atoms with van der Waals surface area (Å²) >= 11 is 0. The first kappa shape index (κ1) is 15.8. The Labute approximate surface area is 119 Å². The van der Waals surface area contributed by atoms with Crippen LogP contribution < -0.4 is 10.5 Å². The summed E-state index contributed by atoms with van der Waals surface area (Å²) < 4.78 is 5.27. The number of primary amides is 1. The van der Waals surface area contributed by atoms with Crippen molar-refractivity contribution in [2.45, 2.75) is 13.8 Å². The zero-order chi connectivity index (χ0) is 15.1. The molecule has 0 bridgehead atoms. The fourth-order valence-corrected chi connectivity index (χ4v) is 1.74. The van der Waals surface area contributed by atoms with E-state index in [-0.39, 0.29) is 12.5 Å². The van der Waals surface area contributed by atoms with E-state index in [1.807, 2.05) is 13.8 Å². The smallest absolute Gasteiger partial charge is 0.257 e. The van der Waals surface area contributed by atoms with Crippen molar-refractivity contribution in [3.8, 4) is 5.75 Å². The van der Waals surface area contributed by atoms with Crippen molar-refractivity contribution in [1.29, 1.82) is 0 Å². The second-order valence-electron chi connectivity index (χ2n) is 4.53. The average molecular weight is 276 g/mol. The maximum atomic E-state index is 12.5. The summed E-state index contributed by atoms with van der Waals surface area (Å²) in [6.45, 7) is 8.38. The van der Waals surface area contributed by atoms with Crippen LogP contribution in [0.15, 0.2) is 36.4 Å².